The van der Waals surface area contributed by atoms with Gasteiger partial charge in [0.15, 0.2) is 0 Å². The average Bonchev–Trinajstić information content (AvgIpc) is 3.61. The minimum absolute atomic E-state index is 0.00616. The largest absolute Gasteiger partial charge is 0.466 e. The van der Waals surface area contributed by atoms with E-state index in [1.54, 1.807) is 0 Å². The Morgan fingerprint density at radius 2 is 0.593 bits per heavy atom. The summed E-state index contributed by atoms with van der Waals surface area (Å²) in [6.45, 7) is 4.96. The first-order chi connectivity index (χ1) is 42.5. The minimum Gasteiger partial charge on any atom is -0.466 e. The van der Waals surface area contributed by atoms with Gasteiger partial charge in [-0.2, -0.15) is 0 Å². The van der Waals surface area contributed by atoms with Gasteiger partial charge in [-0.1, -0.05) is 384 Å². The lowest BCUT2D eigenvalue weighted by atomic mass is 10.0. The number of allylic oxidation sites excluding steroid dienone is 6. The summed E-state index contributed by atoms with van der Waals surface area (Å²) in [5, 5.41) is 23.5. The molecule has 0 rings (SSSR count). The Morgan fingerprint density at radius 1 is 0.326 bits per heavy atom. The topological polar surface area (TPSA) is 95.9 Å². The van der Waals surface area contributed by atoms with Crippen LogP contribution < -0.4 is 5.32 Å². The summed E-state index contributed by atoms with van der Waals surface area (Å²) in [7, 11) is 0. The van der Waals surface area contributed by atoms with Gasteiger partial charge >= 0.3 is 5.97 Å². The van der Waals surface area contributed by atoms with Crippen molar-refractivity contribution in [2.24, 2.45) is 0 Å². The molecule has 508 valence electrons. The van der Waals surface area contributed by atoms with E-state index in [4.69, 9.17) is 4.74 Å². The molecule has 0 heterocycles. The fourth-order valence-electron chi connectivity index (χ4n) is 12.4. The number of rotatable bonds is 74. The van der Waals surface area contributed by atoms with Crippen LogP contribution in [-0.2, 0) is 14.3 Å². The van der Waals surface area contributed by atoms with Crippen LogP contribution in [0, 0.1) is 0 Å². The third kappa shape index (κ3) is 71.2. The molecule has 0 saturated heterocycles. The van der Waals surface area contributed by atoms with Gasteiger partial charge in [0.1, 0.15) is 0 Å². The Kier molecular flexibility index (Phi) is 73.9. The highest BCUT2D eigenvalue weighted by molar-refractivity contribution is 5.76. The molecule has 0 aromatic heterocycles. The molecule has 6 heteroatoms. The predicted molar refractivity (Wildman–Crippen MR) is 379 cm³/mol. The lowest BCUT2D eigenvalue weighted by Crippen LogP contribution is -2.45. The lowest BCUT2D eigenvalue weighted by Gasteiger charge is -2.22. The number of amides is 1. The summed E-state index contributed by atoms with van der Waals surface area (Å²) in [6, 6.07) is -0.541. The molecule has 6 nitrogen and oxygen atoms in total. The van der Waals surface area contributed by atoms with Crippen molar-refractivity contribution in [2.75, 3.05) is 13.2 Å². The van der Waals surface area contributed by atoms with E-state index in [2.05, 4.69) is 55.6 Å². The van der Waals surface area contributed by atoms with Crippen LogP contribution in [0.4, 0.5) is 0 Å². The van der Waals surface area contributed by atoms with Crippen LogP contribution in [0.2, 0.25) is 0 Å². The van der Waals surface area contributed by atoms with E-state index in [-0.39, 0.29) is 18.5 Å². The number of aliphatic hydroxyl groups excluding tert-OH is 2. The molecule has 0 spiro atoms. The standard InChI is InChI=1S/C80H153NO5/c1-3-5-7-9-11-13-15-16-17-18-19-20-34-37-40-43-46-49-53-56-60-64-68-72-78(83)77(76-82)81-79(84)73-69-65-61-57-54-50-47-44-41-38-35-32-30-28-26-24-22-21-23-25-27-29-31-33-36-39-42-45-48-51-55-59-63-67-71-75-86-80(85)74-70-66-62-58-52-14-12-10-8-6-4-2/h10,12,23,25,29,31,77-78,82-83H,3-9,11,13-22,24,26-28,30,32-76H2,1-2H3,(H,81,84)/b12-10-,25-23-,31-29-. The van der Waals surface area contributed by atoms with Crippen LogP contribution in [0.25, 0.3) is 0 Å². The maximum Gasteiger partial charge on any atom is 0.305 e. The number of esters is 1. The van der Waals surface area contributed by atoms with Gasteiger partial charge in [0.25, 0.3) is 0 Å². The fourth-order valence-corrected chi connectivity index (χ4v) is 12.4. The Bertz CT molecular complexity index is 1390. The number of hydrogen-bond acceptors (Lipinski definition) is 5. The summed E-state index contributed by atoms with van der Waals surface area (Å²) in [5.74, 6) is -0.0212. The quantitative estimate of drug-likeness (QED) is 0.0320. The number of unbranched alkanes of at least 4 members (excludes halogenated alkanes) is 57. The first kappa shape index (κ1) is 84.1. The average molecular weight is 1210 g/mol. The number of nitrogens with one attached hydrogen (secondary N) is 1. The minimum atomic E-state index is -0.664. The van der Waals surface area contributed by atoms with E-state index in [1.807, 2.05) is 0 Å². The fraction of sp³-hybridized carbons (Fsp3) is 0.900. The van der Waals surface area contributed by atoms with Crippen LogP contribution in [0.1, 0.15) is 438 Å². The van der Waals surface area contributed by atoms with Crippen molar-refractivity contribution in [2.45, 2.75) is 450 Å². The van der Waals surface area contributed by atoms with Crippen molar-refractivity contribution in [1.29, 1.82) is 0 Å². The molecule has 0 aromatic rings. The third-order valence-corrected chi connectivity index (χ3v) is 18.4. The van der Waals surface area contributed by atoms with Crippen LogP contribution in [-0.4, -0.2) is 47.4 Å². The van der Waals surface area contributed by atoms with Crippen molar-refractivity contribution in [3.8, 4) is 0 Å². The van der Waals surface area contributed by atoms with E-state index in [1.165, 1.54) is 353 Å². The molecule has 0 fully saturated rings. The van der Waals surface area contributed by atoms with Gasteiger partial charge in [-0.25, -0.2) is 0 Å². The van der Waals surface area contributed by atoms with Crippen molar-refractivity contribution < 1.29 is 24.5 Å². The Labute approximate surface area is 538 Å². The maximum absolute atomic E-state index is 12.6. The third-order valence-electron chi connectivity index (χ3n) is 18.4. The lowest BCUT2D eigenvalue weighted by molar-refractivity contribution is -0.143. The Hall–Kier alpha value is -1.92. The second-order valence-corrected chi connectivity index (χ2v) is 27.0. The highest BCUT2D eigenvalue weighted by atomic mass is 16.5. The molecule has 2 atom stereocenters. The van der Waals surface area contributed by atoms with E-state index in [0.717, 1.165) is 51.4 Å². The molecule has 86 heavy (non-hydrogen) atoms. The van der Waals surface area contributed by atoms with Gasteiger partial charge in [0.2, 0.25) is 5.91 Å². The predicted octanol–water partition coefficient (Wildman–Crippen LogP) is 25.8. The molecule has 1 amide bonds. The van der Waals surface area contributed by atoms with E-state index >= 15 is 0 Å². The zero-order valence-corrected chi connectivity index (χ0v) is 58.3. The molecule has 0 aliphatic heterocycles. The smallest absolute Gasteiger partial charge is 0.305 e. The number of hydrogen-bond donors (Lipinski definition) is 3. The van der Waals surface area contributed by atoms with Crippen LogP contribution in [0.5, 0.6) is 0 Å². The molecule has 3 N–H and O–H groups in total. The van der Waals surface area contributed by atoms with Crippen molar-refractivity contribution in [1.82, 2.24) is 5.32 Å². The SMILES string of the molecule is CCCC/C=C\CCCCCCCC(=O)OCCCCCCCCCCCCC/C=C\C/C=C\CCCCCCCCCCCCCCCCCCCC(=O)NC(CO)C(O)CCCCCCCCCCCCCCCCCCCCCCCCC. The Morgan fingerprint density at radius 3 is 0.930 bits per heavy atom. The molecule has 0 saturated carbocycles. The summed E-state index contributed by atoms with van der Waals surface area (Å²) < 4.78 is 5.47. The molecule has 2 unspecified atom stereocenters. The first-order valence-electron chi connectivity index (χ1n) is 39.2. The summed E-state index contributed by atoms with van der Waals surface area (Å²) in [6.07, 6.45) is 98.1. The molecule has 0 aliphatic rings. The number of ether oxygens (including phenoxy) is 1. The summed E-state index contributed by atoms with van der Waals surface area (Å²) in [5.41, 5.74) is 0. The molecule has 0 aromatic carbocycles. The normalized spacial score (nSPS) is 12.7. The van der Waals surface area contributed by atoms with Gasteiger partial charge in [0, 0.05) is 12.8 Å². The highest BCUT2D eigenvalue weighted by Gasteiger charge is 2.20. The Balaban J connectivity index is 3.38. The zero-order valence-electron chi connectivity index (χ0n) is 58.3. The number of aliphatic hydroxyl groups is 2. The molecule has 0 bridgehead atoms. The van der Waals surface area contributed by atoms with Crippen molar-refractivity contribution in [3.05, 3.63) is 36.5 Å². The number of carbonyl (C=O) groups is 2. The van der Waals surface area contributed by atoms with Crippen molar-refractivity contribution >= 4 is 11.9 Å². The van der Waals surface area contributed by atoms with Crippen LogP contribution in [0.3, 0.4) is 0 Å². The van der Waals surface area contributed by atoms with Crippen LogP contribution >= 0.6 is 0 Å². The molecular formula is C80H153NO5. The maximum atomic E-state index is 12.6. The molecule has 0 radical (unpaired) electrons. The van der Waals surface area contributed by atoms with Crippen molar-refractivity contribution in [3.63, 3.8) is 0 Å². The van der Waals surface area contributed by atoms with Gasteiger partial charge in [-0.15, -0.1) is 0 Å². The monoisotopic (exact) mass is 1210 g/mol. The highest BCUT2D eigenvalue weighted by Crippen LogP contribution is 2.20. The van der Waals surface area contributed by atoms with E-state index in [9.17, 15) is 19.8 Å². The first-order valence-corrected chi connectivity index (χ1v) is 39.2. The van der Waals surface area contributed by atoms with E-state index in [0.29, 0.717) is 25.9 Å². The molecule has 0 aliphatic carbocycles. The second-order valence-electron chi connectivity index (χ2n) is 27.0. The molecular weight excluding hydrogens is 1050 g/mol. The number of carbonyl (C=O) groups excluding carboxylic acids is 2. The van der Waals surface area contributed by atoms with Gasteiger partial charge in [-0.3, -0.25) is 9.59 Å². The van der Waals surface area contributed by atoms with Gasteiger partial charge < -0.3 is 20.3 Å². The summed E-state index contributed by atoms with van der Waals surface area (Å²) in [4.78, 5) is 24.6. The van der Waals surface area contributed by atoms with E-state index < -0.39 is 12.1 Å². The van der Waals surface area contributed by atoms with Gasteiger partial charge in [0.05, 0.1) is 25.4 Å². The van der Waals surface area contributed by atoms with Crippen LogP contribution in [0.15, 0.2) is 36.5 Å². The van der Waals surface area contributed by atoms with Gasteiger partial charge in [-0.05, 0) is 77.0 Å². The second kappa shape index (κ2) is 75.5. The zero-order chi connectivity index (χ0) is 62.0. The summed E-state index contributed by atoms with van der Waals surface area (Å²) >= 11 is 0.